The number of nitrogens with zero attached hydrogens (tertiary/aromatic N) is 2. The highest BCUT2D eigenvalue weighted by Gasteiger charge is 2.20. The van der Waals surface area contributed by atoms with Crippen LogP contribution in [-0.4, -0.2) is 21.7 Å². The lowest BCUT2D eigenvalue weighted by Gasteiger charge is -2.21. The van der Waals surface area contributed by atoms with Gasteiger partial charge in [-0.1, -0.05) is 48.5 Å². The molecule has 0 saturated carbocycles. The van der Waals surface area contributed by atoms with E-state index in [4.69, 9.17) is 5.73 Å². The van der Waals surface area contributed by atoms with Gasteiger partial charge in [-0.2, -0.15) is 0 Å². The van der Waals surface area contributed by atoms with Gasteiger partial charge in [-0.05, 0) is 28.5 Å². The van der Waals surface area contributed by atoms with E-state index in [0.29, 0.717) is 12.2 Å². The number of pyridine rings is 1. The molecule has 0 unspecified atom stereocenters. The van der Waals surface area contributed by atoms with E-state index in [1.165, 1.54) is 4.90 Å². The van der Waals surface area contributed by atoms with Crippen LogP contribution in [0.2, 0.25) is 0 Å². The summed E-state index contributed by atoms with van der Waals surface area (Å²) in [5.74, 6) is -1.68. The number of rotatable bonds is 4. The minimum atomic E-state index is -0.967. The van der Waals surface area contributed by atoms with Gasteiger partial charge in [0.05, 0.1) is 12.2 Å². The topological polar surface area (TPSA) is 76.3 Å². The zero-order chi connectivity index (χ0) is 16.9. The van der Waals surface area contributed by atoms with Crippen molar-refractivity contribution in [2.24, 2.45) is 5.73 Å². The zero-order valence-electron chi connectivity index (χ0n) is 13.1. The van der Waals surface area contributed by atoms with Crippen LogP contribution in [-0.2, 0) is 22.7 Å². The first-order valence-electron chi connectivity index (χ1n) is 7.60. The Kier molecular flexibility index (Phi) is 4.52. The van der Waals surface area contributed by atoms with E-state index in [0.717, 1.165) is 16.3 Å². The summed E-state index contributed by atoms with van der Waals surface area (Å²) in [6.45, 7) is 0.519. The van der Waals surface area contributed by atoms with Crippen molar-refractivity contribution in [1.29, 1.82) is 0 Å². The largest absolute Gasteiger partial charge is 0.361 e. The molecule has 1 heterocycles. The first-order valence-corrected chi connectivity index (χ1v) is 7.60. The van der Waals surface area contributed by atoms with Gasteiger partial charge in [0.2, 0.25) is 0 Å². The van der Waals surface area contributed by atoms with Crippen LogP contribution >= 0.6 is 0 Å². The second-order valence-corrected chi connectivity index (χ2v) is 5.48. The van der Waals surface area contributed by atoms with Gasteiger partial charge in [-0.15, -0.1) is 0 Å². The summed E-state index contributed by atoms with van der Waals surface area (Å²) < 4.78 is 0. The average molecular weight is 319 g/mol. The number of benzene rings is 2. The first kappa shape index (κ1) is 15.7. The number of nitrogens with two attached hydrogens (primary N) is 1. The Labute approximate surface area is 139 Å². The standard InChI is InChI=1S/C19H17N3O2/c20-18(23)19(24)22(13-16-9-3-4-11-21-16)12-15-8-5-7-14-6-1-2-10-17(14)15/h1-11H,12-13H2,(H2,20,23). The molecule has 5 nitrogen and oxygen atoms in total. The zero-order valence-corrected chi connectivity index (χ0v) is 13.1. The Hall–Kier alpha value is -3.21. The quantitative estimate of drug-likeness (QED) is 0.749. The molecule has 2 N–H and O–H groups in total. The summed E-state index contributed by atoms with van der Waals surface area (Å²) >= 11 is 0. The van der Waals surface area contributed by atoms with E-state index in [2.05, 4.69) is 4.98 Å². The normalized spacial score (nSPS) is 10.5. The lowest BCUT2D eigenvalue weighted by molar-refractivity contribution is -0.145. The number of primary amides is 1. The van der Waals surface area contributed by atoms with Gasteiger partial charge in [-0.25, -0.2) is 0 Å². The van der Waals surface area contributed by atoms with Crippen molar-refractivity contribution in [1.82, 2.24) is 9.88 Å². The minimum Gasteiger partial charge on any atom is -0.361 e. The van der Waals surface area contributed by atoms with E-state index >= 15 is 0 Å². The Morgan fingerprint density at radius 2 is 1.67 bits per heavy atom. The summed E-state index contributed by atoms with van der Waals surface area (Å²) in [6, 6.07) is 19.3. The van der Waals surface area contributed by atoms with E-state index < -0.39 is 11.8 Å². The van der Waals surface area contributed by atoms with Crippen LogP contribution in [0.15, 0.2) is 66.9 Å². The van der Waals surface area contributed by atoms with Crippen molar-refractivity contribution >= 4 is 22.6 Å². The lowest BCUT2D eigenvalue weighted by atomic mass is 10.0. The van der Waals surface area contributed by atoms with Crippen molar-refractivity contribution in [3.63, 3.8) is 0 Å². The fourth-order valence-electron chi connectivity index (χ4n) is 2.68. The third-order valence-electron chi connectivity index (χ3n) is 3.82. The van der Waals surface area contributed by atoms with Gasteiger partial charge < -0.3 is 10.6 Å². The number of amides is 2. The molecule has 120 valence electrons. The summed E-state index contributed by atoms with van der Waals surface area (Å²) in [5.41, 5.74) is 6.86. The Morgan fingerprint density at radius 3 is 2.42 bits per heavy atom. The molecule has 3 aromatic rings. The number of fused-ring (bicyclic) bond motifs is 1. The van der Waals surface area contributed by atoms with Crippen molar-refractivity contribution in [2.45, 2.75) is 13.1 Å². The number of hydrogen-bond acceptors (Lipinski definition) is 3. The molecule has 0 atom stereocenters. The maximum Gasteiger partial charge on any atom is 0.312 e. The third kappa shape index (κ3) is 3.41. The van der Waals surface area contributed by atoms with Crippen LogP contribution in [0.1, 0.15) is 11.3 Å². The predicted molar refractivity (Wildman–Crippen MR) is 91.6 cm³/mol. The van der Waals surface area contributed by atoms with E-state index in [1.807, 2.05) is 54.6 Å². The average Bonchev–Trinajstić information content (AvgIpc) is 2.61. The molecule has 0 saturated heterocycles. The summed E-state index contributed by atoms with van der Waals surface area (Å²) in [6.07, 6.45) is 1.65. The molecule has 2 aromatic carbocycles. The molecule has 3 rings (SSSR count). The van der Waals surface area contributed by atoms with Crippen LogP contribution < -0.4 is 5.73 Å². The molecule has 0 aliphatic carbocycles. The van der Waals surface area contributed by atoms with Crippen molar-refractivity contribution < 1.29 is 9.59 Å². The summed E-state index contributed by atoms with van der Waals surface area (Å²) in [5, 5.41) is 2.13. The van der Waals surface area contributed by atoms with Crippen LogP contribution in [0.5, 0.6) is 0 Å². The molecule has 24 heavy (non-hydrogen) atoms. The van der Waals surface area contributed by atoms with Crippen molar-refractivity contribution in [2.75, 3.05) is 0 Å². The van der Waals surface area contributed by atoms with Crippen molar-refractivity contribution in [3.05, 3.63) is 78.1 Å². The van der Waals surface area contributed by atoms with E-state index in [-0.39, 0.29) is 6.54 Å². The van der Waals surface area contributed by atoms with Gasteiger partial charge in [-0.3, -0.25) is 14.6 Å². The molecule has 2 amide bonds. The predicted octanol–water partition coefficient (Wildman–Crippen LogP) is 2.25. The Bertz CT molecular complexity index is 873. The monoisotopic (exact) mass is 319 g/mol. The molecule has 1 aromatic heterocycles. The van der Waals surface area contributed by atoms with Crippen LogP contribution in [0.25, 0.3) is 10.8 Å². The molecule has 0 radical (unpaired) electrons. The minimum absolute atomic E-state index is 0.228. The molecule has 0 bridgehead atoms. The maximum atomic E-state index is 12.2. The molecule has 0 aliphatic heterocycles. The number of carbonyl (C=O) groups excluding carboxylic acids is 2. The lowest BCUT2D eigenvalue weighted by Crippen LogP contribution is -2.39. The third-order valence-corrected chi connectivity index (χ3v) is 3.82. The SMILES string of the molecule is NC(=O)C(=O)N(Cc1ccccn1)Cc1cccc2ccccc12. The van der Waals surface area contributed by atoms with Gasteiger partial charge in [0, 0.05) is 12.7 Å². The van der Waals surface area contributed by atoms with Crippen LogP contribution in [0.4, 0.5) is 0 Å². The van der Waals surface area contributed by atoms with E-state index in [9.17, 15) is 9.59 Å². The number of aromatic nitrogens is 1. The molecular formula is C19H17N3O2. The first-order chi connectivity index (χ1) is 11.6. The van der Waals surface area contributed by atoms with Crippen LogP contribution in [0, 0.1) is 0 Å². The molecule has 0 aliphatic rings. The van der Waals surface area contributed by atoms with Gasteiger partial charge in [0.1, 0.15) is 0 Å². The highest BCUT2D eigenvalue weighted by atomic mass is 16.2. The number of hydrogen-bond donors (Lipinski definition) is 1. The molecular weight excluding hydrogens is 302 g/mol. The highest BCUT2D eigenvalue weighted by molar-refractivity contribution is 6.34. The smallest absolute Gasteiger partial charge is 0.312 e. The molecule has 0 fully saturated rings. The fourth-order valence-corrected chi connectivity index (χ4v) is 2.68. The highest BCUT2D eigenvalue weighted by Crippen LogP contribution is 2.20. The second kappa shape index (κ2) is 6.91. The maximum absolute atomic E-state index is 12.2. The second-order valence-electron chi connectivity index (χ2n) is 5.48. The fraction of sp³-hybridized carbons (Fsp3) is 0.105. The van der Waals surface area contributed by atoms with Gasteiger partial charge >= 0.3 is 11.8 Å². The Balaban J connectivity index is 1.93. The molecule has 5 heteroatoms. The summed E-state index contributed by atoms with van der Waals surface area (Å²) in [4.78, 5) is 29.2. The van der Waals surface area contributed by atoms with Crippen LogP contribution in [0.3, 0.4) is 0 Å². The molecule has 0 spiro atoms. The number of carbonyl (C=O) groups is 2. The van der Waals surface area contributed by atoms with Gasteiger partial charge in [0.15, 0.2) is 0 Å². The van der Waals surface area contributed by atoms with Gasteiger partial charge in [0.25, 0.3) is 0 Å². The van der Waals surface area contributed by atoms with Crippen molar-refractivity contribution in [3.8, 4) is 0 Å². The summed E-state index contributed by atoms with van der Waals surface area (Å²) in [7, 11) is 0. The van der Waals surface area contributed by atoms with E-state index in [1.54, 1.807) is 12.3 Å². The Morgan fingerprint density at radius 1 is 0.917 bits per heavy atom.